The Balaban J connectivity index is 2.92. The minimum Gasteiger partial charge on any atom is -0.396 e. The fourth-order valence-corrected chi connectivity index (χ4v) is 1.77. The van der Waals surface area contributed by atoms with Crippen molar-refractivity contribution in [3.05, 3.63) is 35.4 Å². The summed E-state index contributed by atoms with van der Waals surface area (Å²) in [5.74, 6) is 0. The van der Waals surface area contributed by atoms with E-state index in [2.05, 4.69) is 12.1 Å². The van der Waals surface area contributed by atoms with E-state index in [0.29, 0.717) is 0 Å². The summed E-state index contributed by atoms with van der Waals surface area (Å²) in [6.07, 6.45) is 1.69. The Labute approximate surface area is 90.7 Å². The van der Waals surface area contributed by atoms with Crippen molar-refractivity contribution >= 4 is 11.6 Å². The fourth-order valence-electron chi connectivity index (χ4n) is 1.59. The Morgan fingerprint density at radius 3 is 2.50 bits per heavy atom. The average Bonchev–Trinajstić information content (AvgIpc) is 2.14. The zero-order valence-electron chi connectivity index (χ0n) is 8.76. The molecular weight excluding hydrogens is 196 g/mol. The van der Waals surface area contributed by atoms with E-state index < -0.39 is 0 Å². The lowest BCUT2D eigenvalue weighted by atomic mass is 9.94. The molecule has 1 rings (SSSR count). The molecule has 0 saturated carbocycles. The number of rotatable bonds is 4. The number of halogens is 1. The Morgan fingerprint density at radius 2 is 1.93 bits per heavy atom. The monoisotopic (exact) mass is 212 g/mol. The molecule has 1 nitrogen and oxygen atoms in total. The molecule has 78 valence electrons. The smallest absolute Gasteiger partial charge is 0.0641 e. The lowest BCUT2D eigenvalue weighted by molar-refractivity contribution is 0.288. The first-order valence-corrected chi connectivity index (χ1v) is 5.31. The second-order valence-corrected chi connectivity index (χ2v) is 4.90. The van der Waals surface area contributed by atoms with Gasteiger partial charge in [0.2, 0.25) is 0 Å². The predicted molar refractivity (Wildman–Crippen MR) is 60.7 cm³/mol. The van der Waals surface area contributed by atoms with Gasteiger partial charge in [-0.05, 0) is 37.8 Å². The van der Waals surface area contributed by atoms with E-state index >= 15 is 0 Å². The van der Waals surface area contributed by atoms with Crippen LogP contribution in [0.2, 0.25) is 0 Å². The van der Waals surface area contributed by atoms with Crippen LogP contribution in [-0.2, 0) is 11.3 Å². The molecule has 1 N–H and O–H groups in total. The lowest BCUT2D eigenvalue weighted by Gasteiger charge is -2.20. The van der Waals surface area contributed by atoms with Crippen LogP contribution in [0.4, 0.5) is 0 Å². The van der Waals surface area contributed by atoms with Gasteiger partial charge in [0.05, 0.1) is 4.87 Å². The first-order chi connectivity index (χ1) is 6.55. The van der Waals surface area contributed by atoms with Crippen molar-refractivity contribution in [2.45, 2.75) is 31.6 Å². The van der Waals surface area contributed by atoms with Gasteiger partial charge >= 0.3 is 0 Å². The van der Waals surface area contributed by atoms with Gasteiger partial charge in [-0.2, -0.15) is 0 Å². The number of aliphatic hydroxyl groups is 1. The standard InChI is InChI=1S/C12H17ClO/c1-12(2,13)11-8-4-3-6-10(11)7-5-9-14/h3-4,6,8,14H,5,7,9H2,1-2H3. The molecule has 0 radical (unpaired) electrons. The van der Waals surface area contributed by atoms with E-state index in [4.69, 9.17) is 16.7 Å². The van der Waals surface area contributed by atoms with Crippen LogP contribution in [0.3, 0.4) is 0 Å². The topological polar surface area (TPSA) is 20.2 Å². The van der Waals surface area contributed by atoms with Crippen LogP contribution in [0.5, 0.6) is 0 Å². The molecule has 14 heavy (non-hydrogen) atoms. The summed E-state index contributed by atoms with van der Waals surface area (Å²) in [7, 11) is 0. The summed E-state index contributed by atoms with van der Waals surface area (Å²) in [5, 5.41) is 8.79. The zero-order valence-corrected chi connectivity index (χ0v) is 9.51. The molecule has 0 aliphatic carbocycles. The number of aliphatic hydroxyl groups excluding tert-OH is 1. The molecule has 0 heterocycles. The highest BCUT2D eigenvalue weighted by Crippen LogP contribution is 2.30. The minimum absolute atomic E-state index is 0.233. The summed E-state index contributed by atoms with van der Waals surface area (Å²) in [6.45, 7) is 4.22. The largest absolute Gasteiger partial charge is 0.396 e. The molecule has 0 bridgehead atoms. The van der Waals surface area contributed by atoms with E-state index in [-0.39, 0.29) is 11.5 Å². The Hall–Kier alpha value is -0.530. The Kier molecular flexibility index (Phi) is 3.97. The second kappa shape index (κ2) is 4.81. The molecule has 2 heteroatoms. The minimum atomic E-state index is -0.327. The Bertz CT molecular complexity index is 289. The molecular formula is C12H17ClO. The molecule has 0 aliphatic rings. The summed E-state index contributed by atoms with van der Waals surface area (Å²) in [5.41, 5.74) is 2.40. The van der Waals surface area contributed by atoms with E-state index in [1.165, 1.54) is 5.56 Å². The summed E-state index contributed by atoms with van der Waals surface area (Å²) in [6, 6.07) is 8.15. The molecule has 0 spiro atoms. The van der Waals surface area contributed by atoms with Crippen molar-refractivity contribution in [1.82, 2.24) is 0 Å². The van der Waals surface area contributed by atoms with Crippen LogP contribution < -0.4 is 0 Å². The molecule has 0 aliphatic heterocycles. The summed E-state index contributed by atoms with van der Waals surface area (Å²) < 4.78 is 0. The van der Waals surface area contributed by atoms with Crippen molar-refractivity contribution in [2.24, 2.45) is 0 Å². The maximum absolute atomic E-state index is 8.79. The maximum atomic E-state index is 8.79. The van der Waals surface area contributed by atoms with E-state index in [1.807, 2.05) is 26.0 Å². The van der Waals surface area contributed by atoms with Gasteiger partial charge in [-0.25, -0.2) is 0 Å². The number of aryl methyl sites for hydroxylation is 1. The normalized spacial score (nSPS) is 11.7. The predicted octanol–water partition coefficient (Wildman–Crippen LogP) is 3.09. The molecule has 1 aromatic rings. The third-order valence-corrected chi connectivity index (χ3v) is 2.47. The molecule has 0 amide bonds. The van der Waals surface area contributed by atoms with Crippen LogP contribution in [0.1, 0.15) is 31.4 Å². The molecule has 0 aromatic heterocycles. The fraction of sp³-hybridized carbons (Fsp3) is 0.500. The van der Waals surface area contributed by atoms with Gasteiger partial charge in [0.1, 0.15) is 0 Å². The molecule has 0 fully saturated rings. The SMILES string of the molecule is CC(C)(Cl)c1ccccc1CCCO. The van der Waals surface area contributed by atoms with Gasteiger partial charge in [-0.1, -0.05) is 24.3 Å². The zero-order chi connectivity index (χ0) is 10.6. The van der Waals surface area contributed by atoms with Crippen LogP contribution in [-0.4, -0.2) is 11.7 Å². The first-order valence-electron chi connectivity index (χ1n) is 4.94. The van der Waals surface area contributed by atoms with E-state index in [1.54, 1.807) is 0 Å². The van der Waals surface area contributed by atoms with Gasteiger partial charge in [0.15, 0.2) is 0 Å². The van der Waals surface area contributed by atoms with Crippen molar-refractivity contribution in [3.63, 3.8) is 0 Å². The number of alkyl halides is 1. The van der Waals surface area contributed by atoms with Gasteiger partial charge in [0, 0.05) is 6.61 Å². The second-order valence-electron chi connectivity index (χ2n) is 3.96. The quantitative estimate of drug-likeness (QED) is 0.761. The van der Waals surface area contributed by atoms with Crippen LogP contribution in [0.25, 0.3) is 0 Å². The van der Waals surface area contributed by atoms with Crippen LogP contribution in [0, 0.1) is 0 Å². The Morgan fingerprint density at radius 1 is 1.29 bits per heavy atom. The number of hydrogen-bond donors (Lipinski definition) is 1. The van der Waals surface area contributed by atoms with E-state index in [9.17, 15) is 0 Å². The first kappa shape index (κ1) is 11.5. The van der Waals surface area contributed by atoms with Crippen LogP contribution in [0.15, 0.2) is 24.3 Å². The van der Waals surface area contributed by atoms with E-state index in [0.717, 1.165) is 18.4 Å². The number of benzene rings is 1. The number of hydrogen-bond acceptors (Lipinski definition) is 1. The average molecular weight is 213 g/mol. The third kappa shape index (κ3) is 3.00. The molecule has 0 atom stereocenters. The maximum Gasteiger partial charge on any atom is 0.0641 e. The molecule has 1 aromatic carbocycles. The van der Waals surface area contributed by atoms with Crippen molar-refractivity contribution in [3.8, 4) is 0 Å². The summed E-state index contributed by atoms with van der Waals surface area (Å²) in [4.78, 5) is -0.327. The van der Waals surface area contributed by atoms with Gasteiger partial charge < -0.3 is 5.11 Å². The highest BCUT2D eigenvalue weighted by atomic mass is 35.5. The van der Waals surface area contributed by atoms with Crippen molar-refractivity contribution in [2.75, 3.05) is 6.61 Å². The third-order valence-electron chi connectivity index (χ3n) is 2.26. The van der Waals surface area contributed by atoms with Gasteiger partial charge in [0.25, 0.3) is 0 Å². The molecule has 0 saturated heterocycles. The lowest BCUT2D eigenvalue weighted by Crippen LogP contribution is -2.11. The summed E-state index contributed by atoms with van der Waals surface area (Å²) >= 11 is 6.28. The van der Waals surface area contributed by atoms with Crippen LogP contribution >= 0.6 is 11.6 Å². The van der Waals surface area contributed by atoms with Gasteiger partial charge in [-0.15, -0.1) is 11.6 Å². The molecule has 0 unspecified atom stereocenters. The highest BCUT2D eigenvalue weighted by Gasteiger charge is 2.19. The van der Waals surface area contributed by atoms with Gasteiger partial charge in [-0.3, -0.25) is 0 Å². The van der Waals surface area contributed by atoms with Crippen molar-refractivity contribution in [1.29, 1.82) is 0 Å². The van der Waals surface area contributed by atoms with Crippen molar-refractivity contribution < 1.29 is 5.11 Å². The highest BCUT2D eigenvalue weighted by molar-refractivity contribution is 6.23.